The molecule has 1 N–H and O–H groups in total. The SMILES string of the molecule is CC(C)c1csc(CCCCC(=O)O)n1. The fraction of sp³-hybridized carbons (Fsp3) is 0.636. The molecule has 0 radical (unpaired) electrons. The molecule has 0 aliphatic rings. The smallest absolute Gasteiger partial charge is 0.303 e. The Bertz CT molecular complexity index is 320. The van der Waals surface area contributed by atoms with Crippen LogP contribution >= 0.6 is 11.3 Å². The van der Waals surface area contributed by atoms with Crippen molar-refractivity contribution in [2.75, 3.05) is 0 Å². The van der Waals surface area contributed by atoms with E-state index in [1.165, 1.54) is 0 Å². The van der Waals surface area contributed by atoms with E-state index in [4.69, 9.17) is 5.11 Å². The minimum absolute atomic E-state index is 0.266. The zero-order chi connectivity index (χ0) is 11.3. The molecular formula is C11H17NO2S. The molecule has 4 heteroatoms. The van der Waals surface area contributed by atoms with Gasteiger partial charge in [-0.2, -0.15) is 0 Å². The van der Waals surface area contributed by atoms with Crippen molar-refractivity contribution in [2.45, 2.75) is 45.4 Å². The van der Waals surface area contributed by atoms with E-state index in [-0.39, 0.29) is 6.42 Å². The minimum Gasteiger partial charge on any atom is -0.481 e. The highest BCUT2D eigenvalue weighted by molar-refractivity contribution is 7.09. The molecule has 0 saturated heterocycles. The highest BCUT2D eigenvalue weighted by atomic mass is 32.1. The summed E-state index contributed by atoms with van der Waals surface area (Å²) in [6.45, 7) is 4.26. The highest BCUT2D eigenvalue weighted by Crippen LogP contribution is 2.19. The van der Waals surface area contributed by atoms with E-state index >= 15 is 0 Å². The first kappa shape index (κ1) is 12.2. The number of nitrogens with zero attached hydrogens (tertiary/aromatic N) is 1. The zero-order valence-corrected chi connectivity index (χ0v) is 10.0. The summed E-state index contributed by atoms with van der Waals surface area (Å²) in [4.78, 5) is 14.8. The highest BCUT2D eigenvalue weighted by Gasteiger charge is 2.05. The molecule has 0 aliphatic carbocycles. The van der Waals surface area contributed by atoms with Crippen molar-refractivity contribution in [2.24, 2.45) is 0 Å². The monoisotopic (exact) mass is 227 g/mol. The van der Waals surface area contributed by atoms with Crippen LogP contribution in [-0.2, 0) is 11.2 Å². The van der Waals surface area contributed by atoms with Crippen molar-refractivity contribution in [3.8, 4) is 0 Å². The van der Waals surface area contributed by atoms with Crippen LogP contribution in [0.15, 0.2) is 5.38 Å². The Labute approximate surface area is 94.2 Å². The number of aliphatic carboxylic acids is 1. The molecule has 1 heterocycles. The van der Waals surface area contributed by atoms with Crippen LogP contribution in [0.4, 0.5) is 0 Å². The molecule has 0 atom stereocenters. The van der Waals surface area contributed by atoms with Gasteiger partial charge in [0.25, 0.3) is 0 Å². The summed E-state index contributed by atoms with van der Waals surface area (Å²) in [5, 5.41) is 11.7. The van der Waals surface area contributed by atoms with Gasteiger partial charge in [0.15, 0.2) is 0 Å². The van der Waals surface area contributed by atoms with E-state index in [0.29, 0.717) is 5.92 Å². The Morgan fingerprint density at radius 2 is 2.27 bits per heavy atom. The molecule has 0 unspecified atom stereocenters. The maximum absolute atomic E-state index is 10.3. The van der Waals surface area contributed by atoms with Crippen molar-refractivity contribution >= 4 is 17.3 Å². The lowest BCUT2D eigenvalue weighted by atomic mass is 10.1. The van der Waals surface area contributed by atoms with Crippen LogP contribution in [0, 0.1) is 0 Å². The van der Waals surface area contributed by atoms with Crippen molar-refractivity contribution in [3.63, 3.8) is 0 Å². The van der Waals surface area contributed by atoms with Gasteiger partial charge >= 0.3 is 5.97 Å². The molecule has 1 aromatic heterocycles. The minimum atomic E-state index is -0.711. The topological polar surface area (TPSA) is 50.2 Å². The third kappa shape index (κ3) is 4.42. The molecule has 0 spiro atoms. The standard InChI is InChI=1S/C11H17NO2S/c1-8(2)9-7-15-10(12-9)5-3-4-6-11(13)14/h7-8H,3-6H2,1-2H3,(H,13,14). The molecule has 1 aromatic rings. The number of carbonyl (C=O) groups is 1. The van der Waals surface area contributed by atoms with Gasteiger partial charge in [-0.1, -0.05) is 13.8 Å². The summed E-state index contributed by atoms with van der Waals surface area (Å²) < 4.78 is 0. The maximum Gasteiger partial charge on any atom is 0.303 e. The van der Waals surface area contributed by atoms with Crippen LogP contribution in [0.3, 0.4) is 0 Å². The maximum atomic E-state index is 10.3. The first-order chi connectivity index (χ1) is 7.09. The Morgan fingerprint density at radius 1 is 1.53 bits per heavy atom. The number of rotatable bonds is 6. The second-order valence-electron chi connectivity index (χ2n) is 3.92. The molecule has 15 heavy (non-hydrogen) atoms. The van der Waals surface area contributed by atoms with Crippen molar-refractivity contribution in [1.29, 1.82) is 0 Å². The van der Waals surface area contributed by atoms with Crippen LogP contribution in [-0.4, -0.2) is 16.1 Å². The van der Waals surface area contributed by atoms with Gasteiger partial charge in [0.2, 0.25) is 0 Å². The summed E-state index contributed by atoms with van der Waals surface area (Å²) in [6, 6.07) is 0. The van der Waals surface area contributed by atoms with Gasteiger partial charge in [0.05, 0.1) is 10.7 Å². The Hall–Kier alpha value is -0.900. The fourth-order valence-electron chi connectivity index (χ4n) is 1.26. The molecule has 0 bridgehead atoms. The first-order valence-electron chi connectivity index (χ1n) is 5.25. The van der Waals surface area contributed by atoms with Crippen LogP contribution < -0.4 is 0 Å². The molecule has 0 aliphatic heterocycles. The Morgan fingerprint density at radius 3 is 2.80 bits per heavy atom. The molecule has 84 valence electrons. The molecule has 1 rings (SSSR count). The number of thiazole rings is 1. The Kier molecular flexibility index (Phi) is 4.75. The lowest BCUT2D eigenvalue weighted by Crippen LogP contribution is -1.95. The number of aromatic nitrogens is 1. The average molecular weight is 227 g/mol. The van der Waals surface area contributed by atoms with E-state index < -0.39 is 5.97 Å². The predicted molar refractivity (Wildman–Crippen MR) is 61.4 cm³/mol. The van der Waals surface area contributed by atoms with Gasteiger partial charge in [-0.25, -0.2) is 4.98 Å². The summed E-state index contributed by atoms with van der Waals surface area (Å²) in [6.07, 6.45) is 2.83. The number of unbranched alkanes of at least 4 members (excludes halogenated alkanes) is 1. The summed E-state index contributed by atoms with van der Waals surface area (Å²) >= 11 is 1.68. The van der Waals surface area contributed by atoms with Gasteiger partial charge in [-0.15, -0.1) is 11.3 Å². The molecule has 3 nitrogen and oxygen atoms in total. The van der Waals surface area contributed by atoms with Crippen LogP contribution in [0.1, 0.15) is 49.7 Å². The van der Waals surface area contributed by atoms with Gasteiger partial charge in [-0.3, -0.25) is 4.79 Å². The number of carboxylic acids is 1. The van der Waals surface area contributed by atoms with E-state index in [0.717, 1.165) is 30.0 Å². The van der Waals surface area contributed by atoms with Crippen LogP contribution in [0.5, 0.6) is 0 Å². The lowest BCUT2D eigenvalue weighted by molar-refractivity contribution is -0.137. The Balaban J connectivity index is 2.28. The van der Waals surface area contributed by atoms with Crippen molar-refractivity contribution in [1.82, 2.24) is 4.98 Å². The summed E-state index contributed by atoms with van der Waals surface area (Å²) in [5.41, 5.74) is 1.15. The van der Waals surface area contributed by atoms with Crippen LogP contribution in [0.2, 0.25) is 0 Å². The number of hydrogen-bond donors (Lipinski definition) is 1. The summed E-state index contributed by atoms with van der Waals surface area (Å²) in [7, 11) is 0. The van der Waals surface area contributed by atoms with E-state index in [1.807, 2.05) is 0 Å². The zero-order valence-electron chi connectivity index (χ0n) is 9.19. The fourth-order valence-corrected chi connectivity index (χ4v) is 2.26. The van der Waals surface area contributed by atoms with E-state index in [1.54, 1.807) is 11.3 Å². The molecule has 0 fully saturated rings. The third-order valence-corrected chi connectivity index (χ3v) is 3.12. The van der Waals surface area contributed by atoms with Gasteiger partial charge in [0.1, 0.15) is 0 Å². The predicted octanol–water partition coefficient (Wildman–Crippen LogP) is 3.06. The van der Waals surface area contributed by atoms with Gasteiger partial charge < -0.3 is 5.11 Å². The van der Waals surface area contributed by atoms with Crippen LogP contribution in [0.25, 0.3) is 0 Å². The van der Waals surface area contributed by atoms with E-state index in [9.17, 15) is 4.79 Å². The number of carboxylic acid groups (broad SMARTS) is 1. The quantitative estimate of drug-likeness (QED) is 0.760. The van der Waals surface area contributed by atoms with Crippen molar-refractivity contribution < 1.29 is 9.90 Å². The number of aryl methyl sites for hydroxylation is 1. The molecule has 0 saturated carbocycles. The largest absolute Gasteiger partial charge is 0.481 e. The average Bonchev–Trinajstić information content (AvgIpc) is 2.60. The second-order valence-corrected chi connectivity index (χ2v) is 4.86. The molecule has 0 aromatic carbocycles. The van der Waals surface area contributed by atoms with Gasteiger partial charge in [-0.05, 0) is 25.2 Å². The van der Waals surface area contributed by atoms with E-state index in [2.05, 4.69) is 24.2 Å². The molecular weight excluding hydrogens is 210 g/mol. The lowest BCUT2D eigenvalue weighted by Gasteiger charge is -1.97. The second kappa shape index (κ2) is 5.85. The first-order valence-corrected chi connectivity index (χ1v) is 6.13. The number of hydrogen-bond acceptors (Lipinski definition) is 3. The molecule has 0 amide bonds. The van der Waals surface area contributed by atoms with Gasteiger partial charge in [0, 0.05) is 11.8 Å². The third-order valence-electron chi connectivity index (χ3n) is 2.19. The normalized spacial score (nSPS) is 10.9. The van der Waals surface area contributed by atoms with Crippen molar-refractivity contribution in [3.05, 3.63) is 16.1 Å². The summed E-state index contributed by atoms with van der Waals surface area (Å²) in [5.74, 6) is -0.231.